The number of aliphatic carboxylic acids is 1. The fourth-order valence-corrected chi connectivity index (χ4v) is 3.02. The summed E-state index contributed by atoms with van der Waals surface area (Å²) in [7, 11) is 0. The van der Waals surface area contributed by atoms with Crippen LogP contribution in [-0.2, 0) is 9.59 Å². The second kappa shape index (κ2) is 6.57. The molecule has 8 heteroatoms. The normalized spacial score (nSPS) is 23.6. The lowest BCUT2D eigenvalue weighted by molar-refractivity contribution is -0.274. The number of benzene rings is 1. The van der Waals surface area contributed by atoms with Gasteiger partial charge in [0.15, 0.2) is 0 Å². The van der Waals surface area contributed by atoms with Crippen LogP contribution in [0.25, 0.3) is 0 Å². The molecule has 5 nitrogen and oxygen atoms in total. The Hall–Kier alpha value is -2.25. The van der Waals surface area contributed by atoms with Crippen molar-refractivity contribution in [3.05, 3.63) is 29.8 Å². The van der Waals surface area contributed by atoms with Crippen molar-refractivity contribution in [2.24, 2.45) is 11.8 Å². The number of carboxylic acid groups (broad SMARTS) is 1. The van der Waals surface area contributed by atoms with Crippen molar-refractivity contribution >= 4 is 11.9 Å². The average Bonchev–Trinajstić information content (AvgIpc) is 3.40. The lowest BCUT2D eigenvalue weighted by atomic mass is 10.1. The monoisotopic (exact) mass is 357 g/mol. The molecule has 1 aromatic rings. The molecule has 0 bridgehead atoms. The van der Waals surface area contributed by atoms with E-state index in [-0.39, 0.29) is 5.75 Å². The maximum atomic E-state index is 12.5. The molecule has 2 aliphatic carbocycles. The van der Waals surface area contributed by atoms with Gasteiger partial charge in [-0.15, -0.1) is 13.2 Å². The molecule has 2 fully saturated rings. The Kier molecular flexibility index (Phi) is 4.62. The molecule has 1 amide bonds. The third-order valence-corrected chi connectivity index (χ3v) is 4.55. The van der Waals surface area contributed by atoms with Gasteiger partial charge in [-0.05, 0) is 36.3 Å². The summed E-state index contributed by atoms with van der Waals surface area (Å²) in [4.78, 5) is 23.5. The van der Waals surface area contributed by atoms with Gasteiger partial charge in [0.2, 0.25) is 5.91 Å². The molecular weight excluding hydrogens is 339 g/mol. The van der Waals surface area contributed by atoms with Crippen LogP contribution in [-0.4, -0.2) is 29.4 Å². The van der Waals surface area contributed by atoms with Gasteiger partial charge in [0, 0.05) is 5.92 Å². The molecule has 0 aliphatic heterocycles. The van der Waals surface area contributed by atoms with Crippen LogP contribution in [0.1, 0.15) is 37.2 Å². The quantitative estimate of drug-likeness (QED) is 0.786. The number of hydrogen-bond acceptors (Lipinski definition) is 3. The molecule has 2 N–H and O–H groups in total. The zero-order chi connectivity index (χ0) is 18.2. The first kappa shape index (κ1) is 17.6. The molecule has 3 unspecified atom stereocenters. The fourth-order valence-electron chi connectivity index (χ4n) is 3.02. The number of ether oxygens (including phenoxy) is 1. The third kappa shape index (κ3) is 4.64. The number of amides is 1. The highest BCUT2D eigenvalue weighted by molar-refractivity contribution is 5.87. The van der Waals surface area contributed by atoms with Crippen molar-refractivity contribution in [3.8, 4) is 5.75 Å². The molecule has 3 rings (SSSR count). The SMILES string of the molecule is O=C(O)C(CC1CC1)NC(=O)C1CC1c1ccccc1OC(F)(F)F. The number of halogens is 3. The standard InChI is InChI=1S/C17H18F3NO4/c18-17(19,20)25-14-4-2-1-3-10(14)11-8-12(11)15(22)21-13(16(23)24)7-9-5-6-9/h1-4,9,11-13H,5-8H2,(H,21,22)(H,23,24). The molecule has 3 atom stereocenters. The fraction of sp³-hybridized carbons (Fsp3) is 0.529. The predicted molar refractivity (Wildman–Crippen MR) is 80.9 cm³/mol. The van der Waals surface area contributed by atoms with Gasteiger partial charge in [-0.1, -0.05) is 31.0 Å². The van der Waals surface area contributed by atoms with Gasteiger partial charge in [0.1, 0.15) is 11.8 Å². The second-order valence-corrected chi connectivity index (χ2v) is 6.61. The van der Waals surface area contributed by atoms with Crippen LogP contribution >= 0.6 is 0 Å². The van der Waals surface area contributed by atoms with Crippen molar-refractivity contribution in [1.29, 1.82) is 0 Å². The lowest BCUT2D eigenvalue weighted by Crippen LogP contribution is -2.42. The topological polar surface area (TPSA) is 75.6 Å². The summed E-state index contributed by atoms with van der Waals surface area (Å²) in [6.45, 7) is 0. The number of carbonyl (C=O) groups is 2. The maximum Gasteiger partial charge on any atom is 0.573 e. The van der Waals surface area contributed by atoms with E-state index < -0.39 is 36.1 Å². The van der Waals surface area contributed by atoms with Crippen molar-refractivity contribution in [2.75, 3.05) is 0 Å². The molecule has 0 saturated heterocycles. The third-order valence-electron chi connectivity index (χ3n) is 4.55. The van der Waals surface area contributed by atoms with E-state index in [0.29, 0.717) is 24.3 Å². The van der Waals surface area contributed by atoms with Crippen molar-refractivity contribution in [1.82, 2.24) is 5.32 Å². The minimum Gasteiger partial charge on any atom is -0.480 e. The maximum absolute atomic E-state index is 12.5. The molecule has 2 aliphatic rings. The first-order valence-corrected chi connectivity index (χ1v) is 8.12. The van der Waals surface area contributed by atoms with Gasteiger partial charge in [0.05, 0.1) is 0 Å². The van der Waals surface area contributed by atoms with Crippen molar-refractivity contribution in [2.45, 2.75) is 44.0 Å². The van der Waals surface area contributed by atoms with Gasteiger partial charge in [-0.3, -0.25) is 4.79 Å². The number of hydrogen-bond donors (Lipinski definition) is 2. The Morgan fingerprint density at radius 1 is 1.28 bits per heavy atom. The van der Waals surface area contributed by atoms with E-state index in [2.05, 4.69) is 10.1 Å². The number of carbonyl (C=O) groups excluding carboxylic acids is 1. The minimum atomic E-state index is -4.80. The molecule has 1 aromatic carbocycles. The number of para-hydroxylation sites is 1. The van der Waals surface area contributed by atoms with E-state index in [1.807, 2.05) is 0 Å². The van der Waals surface area contributed by atoms with Gasteiger partial charge in [0.25, 0.3) is 0 Å². The first-order chi connectivity index (χ1) is 11.7. The van der Waals surface area contributed by atoms with Gasteiger partial charge >= 0.3 is 12.3 Å². The summed E-state index contributed by atoms with van der Waals surface area (Å²) in [6, 6.07) is 4.78. The van der Waals surface area contributed by atoms with Gasteiger partial charge < -0.3 is 15.2 Å². The van der Waals surface area contributed by atoms with E-state index in [1.165, 1.54) is 18.2 Å². The van der Waals surface area contributed by atoms with E-state index in [9.17, 15) is 27.9 Å². The molecular formula is C17H18F3NO4. The predicted octanol–water partition coefficient (Wildman–Crippen LogP) is 3.06. The van der Waals surface area contributed by atoms with Crippen LogP contribution in [0.5, 0.6) is 5.75 Å². The molecule has 0 spiro atoms. The summed E-state index contributed by atoms with van der Waals surface area (Å²) >= 11 is 0. The van der Waals surface area contributed by atoms with Crippen molar-refractivity contribution in [3.63, 3.8) is 0 Å². The lowest BCUT2D eigenvalue weighted by Gasteiger charge is -2.15. The van der Waals surface area contributed by atoms with Gasteiger partial charge in [-0.25, -0.2) is 4.79 Å². The molecule has 0 radical (unpaired) electrons. The summed E-state index contributed by atoms with van der Waals surface area (Å²) < 4.78 is 41.5. The molecule has 0 aromatic heterocycles. The Morgan fingerprint density at radius 2 is 1.96 bits per heavy atom. The van der Waals surface area contributed by atoms with Crippen LogP contribution < -0.4 is 10.1 Å². The van der Waals surface area contributed by atoms with Crippen LogP contribution in [0, 0.1) is 11.8 Å². The zero-order valence-corrected chi connectivity index (χ0v) is 13.3. The summed E-state index contributed by atoms with van der Waals surface area (Å²) in [5, 5.41) is 11.7. The Morgan fingerprint density at radius 3 is 2.56 bits per heavy atom. The smallest absolute Gasteiger partial charge is 0.480 e. The second-order valence-electron chi connectivity index (χ2n) is 6.61. The Balaban J connectivity index is 1.63. The molecule has 2 saturated carbocycles. The summed E-state index contributed by atoms with van der Waals surface area (Å²) in [6.07, 6.45) is -2.10. The highest BCUT2D eigenvalue weighted by Gasteiger charge is 2.47. The number of rotatable bonds is 7. The van der Waals surface area contributed by atoms with E-state index in [1.54, 1.807) is 6.07 Å². The van der Waals surface area contributed by atoms with Crippen molar-refractivity contribution < 1.29 is 32.6 Å². The molecule has 136 valence electrons. The summed E-state index contributed by atoms with van der Waals surface area (Å²) in [5.41, 5.74) is 0.314. The number of alkyl halides is 3. The minimum absolute atomic E-state index is 0.314. The molecule has 25 heavy (non-hydrogen) atoms. The number of nitrogens with one attached hydrogen (secondary N) is 1. The number of carboxylic acids is 1. The van der Waals surface area contributed by atoms with Crippen LogP contribution in [0.3, 0.4) is 0 Å². The van der Waals surface area contributed by atoms with E-state index in [4.69, 9.17) is 0 Å². The first-order valence-electron chi connectivity index (χ1n) is 8.12. The van der Waals surface area contributed by atoms with Gasteiger partial charge in [-0.2, -0.15) is 0 Å². The largest absolute Gasteiger partial charge is 0.573 e. The van der Waals surface area contributed by atoms with Crippen LogP contribution in [0.2, 0.25) is 0 Å². The van der Waals surface area contributed by atoms with E-state index >= 15 is 0 Å². The summed E-state index contributed by atoms with van der Waals surface area (Å²) in [5.74, 6) is -2.42. The highest BCUT2D eigenvalue weighted by atomic mass is 19.4. The van der Waals surface area contributed by atoms with Crippen LogP contribution in [0.4, 0.5) is 13.2 Å². The zero-order valence-electron chi connectivity index (χ0n) is 13.3. The Labute approximate surface area is 142 Å². The van der Waals surface area contributed by atoms with Crippen LogP contribution in [0.15, 0.2) is 24.3 Å². The average molecular weight is 357 g/mol. The van der Waals surface area contributed by atoms with E-state index in [0.717, 1.165) is 12.8 Å². The molecule has 0 heterocycles. The highest BCUT2D eigenvalue weighted by Crippen LogP contribution is 2.51. The Bertz CT molecular complexity index is 672.